The van der Waals surface area contributed by atoms with Gasteiger partial charge < -0.3 is 15.2 Å². The second kappa shape index (κ2) is 6.83. The van der Waals surface area contributed by atoms with Crippen LogP contribution < -0.4 is 10.1 Å². The van der Waals surface area contributed by atoms with Gasteiger partial charge in [0.2, 0.25) is 5.91 Å². The Hall–Kier alpha value is -2.01. The van der Waals surface area contributed by atoms with Gasteiger partial charge in [0, 0.05) is 11.1 Å². The minimum atomic E-state index is -0.955. The summed E-state index contributed by atoms with van der Waals surface area (Å²) in [6.45, 7) is 1.82. The van der Waals surface area contributed by atoms with Gasteiger partial charge in [-0.05, 0) is 31.4 Å². The number of hydrogen-bond donors (Lipinski definition) is 2. The summed E-state index contributed by atoms with van der Waals surface area (Å²) in [6, 6.07) is 3.34. The zero-order valence-corrected chi connectivity index (χ0v) is 13.2. The van der Waals surface area contributed by atoms with E-state index < -0.39 is 17.8 Å². The van der Waals surface area contributed by atoms with Crippen LogP contribution in [-0.2, 0) is 9.59 Å². The van der Waals surface area contributed by atoms with Gasteiger partial charge >= 0.3 is 5.97 Å². The Balaban J connectivity index is 2.23. The molecule has 1 amide bonds. The van der Waals surface area contributed by atoms with Crippen molar-refractivity contribution in [2.45, 2.75) is 19.8 Å². The quantitative estimate of drug-likeness (QED) is 0.834. The molecule has 0 aromatic heterocycles. The van der Waals surface area contributed by atoms with Gasteiger partial charge in [-0.1, -0.05) is 23.8 Å². The lowest BCUT2D eigenvalue weighted by Gasteiger charge is -2.24. The first-order chi connectivity index (χ1) is 10.4. The fourth-order valence-corrected chi connectivity index (χ4v) is 2.69. The summed E-state index contributed by atoms with van der Waals surface area (Å²) in [4.78, 5) is 23.7. The predicted molar refractivity (Wildman–Crippen MR) is 84.4 cm³/mol. The Morgan fingerprint density at radius 3 is 2.50 bits per heavy atom. The van der Waals surface area contributed by atoms with Gasteiger partial charge in [0.1, 0.15) is 5.75 Å². The number of anilines is 1. The van der Waals surface area contributed by atoms with Crippen LogP contribution in [0.25, 0.3) is 0 Å². The standard InChI is InChI=1S/C16H18ClNO4/c1-9-7-13(14(22-2)8-12(9)17)18-15(19)10-5-3-4-6-11(10)16(20)21/h3-4,7-8,10-11H,5-6H2,1-2H3,(H,18,19)(H,20,21)/t10-,11-/m0/s1. The third-order valence-corrected chi connectivity index (χ3v) is 4.23. The highest BCUT2D eigenvalue weighted by molar-refractivity contribution is 6.31. The molecule has 1 aliphatic rings. The first kappa shape index (κ1) is 16.4. The molecule has 0 saturated carbocycles. The van der Waals surface area contributed by atoms with Crippen LogP contribution in [0.3, 0.4) is 0 Å². The number of carbonyl (C=O) groups excluding carboxylic acids is 1. The van der Waals surface area contributed by atoms with Crippen molar-refractivity contribution < 1.29 is 19.4 Å². The van der Waals surface area contributed by atoms with E-state index in [1.54, 1.807) is 18.2 Å². The molecule has 0 unspecified atom stereocenters. The van der Waals surface area contributed by atoms with E-state index in [0.29, 0.717) is 29.3 Å². The monoisotopic (exact) mass is 323 g/mol. The molecule has 0 fully saturated rings. The molecule has 6 heteroatoms. The van der Waals surface area contributed by atoms with Crippen molar-refractivity contribution in [2.75, 3.05) is 12.4 Å². The Bertz CT molecular complexity index is 627. The predicted octanol–water partition coefficient (Wildman–Crippen LogP) is 3.26. The number of aliphatic carboxylic acids is 1. The first-order valence-corrected chi connectivity index (χ1v) is 7.34. The molecule has 1 aromatic rings. The summed E-state index contributed by atoms with van der Waals surface area (Å²) in [5.41, 5.74) is 1.30. The van der Waals surface area contributed by atoms with Gasteiger partial charge in [-0.2, -0.15) is 0 Å². The topological polar surface area (TPSA) is 75.6 Å². The number of amides is 1. The second-order valence-corrected chi connectivity index (χ2v) is 5.69. The van der Waals surface area contributed by atoms with E-state index in [4.69, 9.17) is 16.3 Å². The van der Waals surface area contributed by atoms with E-state index in [2.05, 4.69) is 5.32 Å². The summed E-state index contributed by atoms with van der Waals surface area (Å²) in [6.07, 6.45) is 4.42. The number of ether oxygens (including phenoxy) is 1. The number of rotatable bonds is 4. The lowest BCUT2D eigenvalue weighted by Crippen LogP contribution is -2.34. The zero-order valence-electron chi connectivity index (χ0n) is 12.4. The van der Waals surface area contributed by atoms with Crippen LogP contribution >= 0.6 is 11.6 Å². The Morgan fingerprint density at radius 2 is 1.91 bits per heavy atom. The summed E-state index contributed by atoms with van der Waals surface area (Å²) in [5, 5.41) is 12.6. The van der Waals surface area contributed by atoms with Crippen molar-refractivity contribution in [2.24, 2.45) is 11.8 Å². The maximum Gasteiger partial charge on any atom is 0.307 e. The van der Waals surface area contributed by atoms with E-state index in [-0.39, 0.29) is 5.91 Å². The third-order valence-electron chi connectivity index (χ3n) is 3.82. The van der Waals surface area contributed by atoms with E-state index in [0.717, 1.165) is 5.56 Å². The molecule has 0 radical (unpaired) electrons. The number of nitrogens with one attached hydrogen (secondary N) is 1. The fraction of sp³-hybridized carbons (Fsp3) is 0.375. The Morgan fingerprint density at radius 1 is 1.27 bits per heavy atom. The number of methoxy groups -OCH3 is 1. The van der Waals surface area contributed by atoms with Crippen molar-refractivity contribution in [3.63, 3.8) is 0 Å². The molecule has 1 aliphatic carbocycles. The molecule has 0 heterocycles. The Labute approximate surface area is 133 Å². The molecule has 0 bridgehead atoms. The van der Waals surface area contributed by atoms with Crippen LogP contribution in [0.5, 0.6) is 5.75 Å². The fourth-order valence-electron chi connectivity index (χ4n) is 2.53. The maximum absolute atomic E-state index is 12.4. The molecule has 118 valence electrons. The second-order valence-electron chi connectivity index (χ2n) is 5.28. The van der Waals surface area contributed by atoms with Crippen molar-refractivity contribution in [3.05, 3.63) is 34.9 Å². The van der Waals surface area contributed by atoms with E-state index in [1.165, 1.54) is 7.11 Å². The van der Waals surface area contributed by atoms with Crippen LogP contribution in [0.2, 0.25) is 5.02 Å². The zero-order chi connectivity index (χ0) is 16.3. The molecule has 0 spiro atoms. The number of benzene rings is 1. The molecular weight excluding hydrogens is 306 g/mol. The van der Waals surface area contributed by atoms with E-state index in [1.807, 2.05) is 13.0 Å². The average Bonchev–Trinajstić information content (AvgIpc) is 2.50. The number of halogens is 1. The van der Waals surface area contributed by atoms with Crippen LogP contribution in [0, 0.1) is 18.8 Å². The highest BCUT2D eigenvalue weighted by Gasteiger charge is 2.34. The normalized spacial score (nSPS) is 20.5. The molecule has 2 atom stereocenters. The van der Waals surface area contributed by atoms with Gasteiger partial charge in [-0.3, -0.25) is 9.59 Å². The number of carbonyl (C=O) groups is 2. The summed E-state index contributed by atoms with van der Waals surface area (Å²) >= 11 is 6.03. The molecule has 22 heavy (non-hydrogen) atoms. The van der Waals surface area contributed by atoms with Gasteiger partial charge in [-0.15, -0.1) is 0 Å². The molecule has 5 nitrogen and oxygen atoms in total. The van der Waals surface area contributed by atoms with Crippen molar-refractivity contribution in [1.82, 2.24) is 0 Å². The Kier molecular flexibility index (Phi) is 5.08. The molecule has 0 aliphatic heterocycles. The highest BCUT2D eigenvalue weighted by Crippen LogP contribution is 2.33. The SMILES string of the molecule is COc1cc(Cl)c(C)cc1NC(=O)[C@H]1CC=CC[C@@H]1C(=O)O. The number of allylic oxidation sites excluding steroid dienone is 2. The highest BCUT2D eigenvalue weighted by atomic mass is 35.5. The van der Waals surface area contributed by atoms with E-state index in [9.17, 15) is 14.7 Å². The minimum Gasteiger partial charge on any atom is -0.495 e. The summed E-state index contributed by atoms with van der Waals surface area (Å²) < 4.78 is 5.21. The lowest BCUT2D eigenvalue weighted by molar-refractivity contribution is -0.146. The van der Waals surface area contributed by atoms with Gasteiger partial charge in [0.15, 0.2) is 0 Å². The smallest absolute Gasteiger partial charge is 0.307 e. The van der Waals surface area contributed by atoms with Gasteiger partial charge in [-0.25, -0.2) is 0 Å². The largest absolute Gasteiger partial charge is 0.495 e. The van der Waals surface area contributed by atoms with Crippen molar-refractivity contribution in [3.8, 4) is 5.75 Å². The lowest BCUT2D eigenvalue weighted by atomic mass is 9.82. The van der Waals surface area contributed by atoms with Gasteiger partial charge in [0.05, 0.1) is 24.6 Å². The van der Waals surface area contributed by atoms with Crippen LogP contribution in [0.1, 0.15) is 18.4 Å². The molecule has 2 rings (SSSR count). The third kappa shape index (κ3) is 3.42. The molecular formula is C16H18ClNO4. The molecule has 1 aromatic carbocycles. The van der Waals surface area contributed by atoms with Crippen molar-refractivity contribution >= 4 is 29.2 Å². The maximum atomic E-state index is 12.4. The summed E-state index contributed by atoms with van der Waals surface area (Å²) in [7, 11) is 1.49. The number of carboxylic acid groups (broad SMARTS) is 1. The van der Waals surface area contributed by atoms with Gasteiger partial charge in [0.25, 0.3) is 0 Å². The number of hydrogen-bond acceptors (Lipinski definition) is 3. The first-order valence-electron chi connectivity index (χ1n) is 6.96. The minimum absolute atomic E-state index is 0.322. The van der Waals surface area contributed by atoms with Crippen LogP contribution in [0.15, 0.2) is 24.3 Å². The number of carboxylic acids is 1. The van der Waals surface area contributed by atoms with E-state index >= 15 is 0 Å². The van der Waals surface area contributed by atoms with Crippen LogP contribution in [0.4, 0.5) is 5.69 Å². The molecule has 2 N–H and O–H groups in total. The molecule has 0 saturated heterocycles. The number of aryl methyl sites for hydroxylation is 1. The summed E-state index contributed by atoms with van der Waals surface area (Å²) in [5.74, 6) is -2.13. The van der Waals surface area contributed by atoms with Crippen LogP contribution in [-0.4, -0.2) is 24.1 Å². The van der Waals surface area contributed by atoms with Crippen molar-refractivity contribution in [1.29, 1.82) is 0 Å². The average molecular weight is 324 g/mol.